The number of aromatic amines is 1. The number of ether oxygens (including phenoxy) is 1. The molecular weight excluding hydrogens is 612 g/mol. The fourth-order valence-electron chi connectivity index (χ4n) is 8.67. The van der Waals surface area contributed by atoms with Gasteiger partial charge in [-0.05, 0) is 77.3 Å². The van der Waals surface area contributed by atoms with E-state index in [-0.39, 0.29) is 29.6 Å². The van der Waals surface area contributed by atoms with Crippen molar-refractivity contribution in [3.63, 3.8) is 0 Å². The molecule has 3 fully saturated rings. The fourth-order valence-corrected chi connectivity index (χ4v) is 9.24. The summed E-state index contributed by atoms with van der Waals surface area (Å²) >= 11 is 3.70. The van der Waals surface area contributed by atoms with Crippen LogP contribution in [0.2, 0.25) is 0 Å². The molecule has 1 aromatic heterocycles. The van der Waals surface area contributed by atoms with Crippen LogP contribution in [0.1, 0.15) is 58.1 Å². The molecular formula is C33H41BrN4O5. The first-order valence-electron chi connectivity index (χ1n) is 15.7. The van der Waals surface area contributed by atoms with E-state index in [1.807, 2.05) is 40.8 Å². The second kappa shape index (κ2) is 9.99. The maximum atomic E-state index is 14.5. The molecule has 0 saturated carbocycles. The number of benzene rings is 1. The Kier molecular flexibility index (Phi) is 6.78. The Labute approximate surface area is 260 Å². The molecule has 3 saturated heterocycles. The molecule has 1 unspecified atom stereocenters. The molecule has 5 heterocycles. The number of carbonyl (C=O) groups is 3. The van der Waals surface area contributed by atoms with Crippen molar-refractivity contribution in [1.82, 2.24) is 20.1 Å². The minimum absolute atomic E-state index is 0.0828. The Hall–Kier alpha value is -2.53. The van der Waals surface area contributed by atoms with Gasteiger partial charge in [0.05, 0.1) is 28.4 Å². The first-order valence-corrected chi connectivity index (χ1v) is 16.5. The van der Waals surface area contributed by atoms with E-state index < -0.39 is 41.2 Å². The van der Waals surface area contributed by atoms with Gasteiger partial charge in [0.15, 0.2) is 11.6 Å². The number of nitrogens with one attached hydrogen (secondary N) is 2. The van der Waals surface area contributed by atoms with Gasteiger partial charge in [0.2, 0.25) is 17.5 Å². The number of rotatable bonds is 5. The van der Waals surface area contributed by atoms with Gasteiger partial charge in [-0.25, -0.2) is 0 Å². The number of halogens is 1. The maximum Gasteiger partial charge on any atom is 0.230 e. The van der Waals surface area contributed by atoms with Gasteiger partial charge >= 0.3 is 0 Å². The standard InChI is InChI=1S/C33H41BrN4O5/c1-16(2)12-22-27-28(39)32(17(3)4,43-33(27,42)25-10-7-11-38(25)31(22)41)36-30(40)18-13-20-19-8-6-9-23-26(19)21(29(34)35-23)14-24(20)37(5)15-18/h6,8-9,13,16-18,22,24-25,27,35,42H,7,10-12,14-15H2,1-5H3,(H,36,40)/t18-,22-,24-,25+,27?,32-,33+/m1/s1. The monoisotopic (exact) mass is 652 g/mol. The van der Waals surface area contributed by atoms with Gasteiger partial charge in [-0.1, -0.05) is 45.9 Å². The van der Waals surface area contributed by atoms with Crippen LogP contribution in [0.3, 0.4) is 0 Å². The van der Waals surface area contributed by atoms with Crippen molar-refractivity contribution < 1.29 is 24.2 Å². The van der Waals surface area contributed by atoms with E-state index in [1.54, 1.807) is 4.90 Å². The summed E-state index contributed by atoms with van der Waals surface area (Å²) in [7, 11) is 2.03. The molecule has 230 valence electrons. The molecule has 7 rings (SSSR count). The van der Waals surface area contributed by atoms with Gasteiger partial charge in [-0.15, -0.1) is 0 Å². The zero-order valence-electron chi connectivity index (χ0n) is 25.4. The van der Waals surface area contributed by atoms with Crippen LogP contribution < -0.4 is 5.32 Å². The zero-order chi connectivity index (χ0) is 30.6. The number of Topliss-reactive ketones (excluding diaryl/α,β-unsaturated/α-hetero) is 1. The first kappa shape index (κ1) is 29.2. The van der Waals surface area contributed by atoms with Crippen LogP contribution in [0.5, 0.6) is 0 Å². The van der Waals surface area contributed by atoms with Crippen molar-refractivity contribution in [2.75, 3.05) is 20.1 Å². The van der Waals surface area contributed by atoms with E-state index in [9.17, 15) is 19.5 Å². The molecule has 43 heavy (non-hydrogen) atoms. The molecule has 4 aliphatic heterocycles. The highest BCUT2D eigenvalue weighted by atomic mass is 79.9. The smallest absolute Gasteiger partial charge is 0.230 e. The highest BCUT2D eigenvalue weighted by Crippen LogP contribution is 2.54. The normalized spacial score (nSPS) is 35.4. The van der Waals surface area contributed by atoms with Crippen molar-refractivity contribution >= 4 is 50.0 Å². The fraction of sp³-hybridized carbons (Fsp3) is 0.606. The molecule has 1 aliphatic carbocycles. The summed E-state index contributed by atoms with van der Waals surface area (Å²) in [6, 6.07) is 5.72. The van der Waals surface area contributed by atoms with Gasteiger partial charge in [0.25, 0.3) is 0 Å². The third kappa shape index (κ3) is 4.09. The molecule has 5 aliphatic rings. The van der Waals surface area contributed by atoms with Crippen LogP contribution in [0.25, 0.3) is 16.5 Å². The van der Waals surface area contributed by atoms with Crippen molar-refractivity contribution in [3.8, 4) is 0 Å². The highest BCUT2D eigenvalue weighted by Gasteiger charge is 2.73. The van der Waals surface area contributed by atoms with Crippen LogP contribution in [0, 0.1) is 29.6 Å². The van der Waals surface area contributed by atoms with E-state index >= 15 is 0 Å². The van der Waals surface area contributed by atoms with Crippen LogP contribution in [0.4, 0.5) is 0 Å². The van der Waals surface area contributed by atoms with E-state index in [0.29, 0.717) is 25.9 Å². The SMILES string of the molecule is CC(C)C[C@H]1C(=O)N2CCC[C@H]2[C@]2(O)O[C@](NC(=O)[C@@H]3C=C4c5cccc6[nH]c(Br)c(c56)C[C@H]4N(C)C3)(C(C)C)C(=O)C12. The number of piperidine rings is 1. The second-order valence-electron chi connectivity index (χ2n) is 14.0. The molecule has 0 radical (unpaired) electrons. The van der Waals surface area contributed by atoms with Crippen LogP contribution in [-0.4, -0.2) is 81.2 Å². The van der Waals surface area contributed by atoms with Gasteiger partial charge in [0.1, 0.15) is 0 Å². The Morgan fingerprint density at radius 3 is 2.74 bits per heavy atom. The average Bonchev–Trinajstić information content (AvgIpc) is 3.63. The summed E-state index contributed by atoms with van der Waals surface area (Å²) in [4.78, 5) is 49.7. The van der Waals surface area contributed by atoms with Crippen LogP contribution >= 0.6 is 15.9 Å². The lowest BCUT2D eigenvalue weighted by Crippen LogP contribution is -2.64. The molecule has 0 spiro atoms. The molecule has 2 amide bonds. The predicted molar refractivity (Wildman–Crippen MR) is 166 cm³/mol. The van der Waals surface area contributed by atoms with Crippen molar-refractivity contribution in [2.24, 2.45) is 29.6 Å². The Morgan fingerprint density at radius 2 is 2.02 bits per heavy atom. The van der Waals surface area contributed by atoms with Crippen molar-refractivity contribution in [2.45, 2.75) is 77.0 Å². The van der Waals surface area contributed by atoms with E-state index in [4.69, 9.17) is 4.74 Å². The summed E-state index contributed by atoms with van der Waals surface area (Å²) in [5.41, 5.74) is 2.78. The molecule has 7 atom stereocenters. The van der Waals surface area contributed by atoms with Crippen LogP contribution in [-0.2, 0) is 25.5 Å². The number of amides is 2. The summed E-state index contributed by atoms with van der Waals surface area (Å²) < 4.78 is 7.51. The Morgan fingerprint density at radius 1 is 1.26 bits per heavy atom. The lowest BCUT2D eigenvalue weighted by molar-refractivity contribution is -0.290. The highest BCUT2D eigenvalue weighted by molar-refractivity contribution is 9.10. The third-order valence-corrected chi connectivity index (χ3v) is 11.4. The summed E-state index contributed by atoms with van der Waals surface area (Å²) in [6.07, 6.45) is 4.65. The van der Waals surface area contributed by atoms with E-state index in [1.165, 1.54) is 10.9 Å². The Balaban J connectivity index is 1.25. The van der Waals surface area contributed by atoms with Gasteiger partial charge in [-0.3, -0.25) is 19.3 Å². The minimum atomic E-state index is -1.84. The molecule has 0 bridgehead atoms. The summed E-state index contributed by atoms with van der Waals surface area (Å²) in [5.74, 6) is -5.19. The number of nitrogens with zero attached hydrogens (tertiary/aromatic N) is 2. The number of carbonyl (C=O) groups excluding carboxylic acids is 3. The largest absolute Gasteiger partial charge is 0.363 e. The van der Waals surface area contributed by atoms with Gasteiger partial charge < -0.3 is 25.0 Å². The molecule has 9 nitrogen and oxygen atoms in total. The van der Waals surface area contributed by atoms with E-state index in [0.717, 1.165) is 34.1 Å². The summed E-state index contributed by atoms with van der Waals surface area (Å²) in [5, 5.41) is 16.4. The maximum absolute atomic E-state index is 14.5. The summed E-state index contributed by atoms with van der Waals surface area (Å²) in [6.45, 7) is 8.72. The number of likely N-dealkylation sites (N-methyl/N-ethyl adjacent to an activating group) is 1. The number of hydrogen-bond acceptors (Lipinski definition) is 6. The van der Waals surface area contributed by atoms with Crippen molar-refractivity contribution in [3.05, 3.63) is 40.0 Å². The quantitative estimate of drug-likeness (QED) is 0.452. The predicted octanol–water partition coefficient (Wildman–Crippen LogP) is 3.84. The number of hydrogen-bond donors (Lipinski definition) is 3. The third-order valence-electron chi connectivity index (χ3n) is 10.7. The molecule has 3 N–H and O–H groups in total. The topological polar surface area (TPSA) is 115 Å². The first-order chi connectivity index (χ1) is 20.4. The number of H-pyrrole nitrogens is 1. The minimum Gasteiger partial charge on any atom is -0.363 e. The second-order valence-corrected chi connectivity index (χ2v) is 14.8. The lowest BCUT2D eigenvalue weighted by Gasteiger charge is -2.47. The number of fused-ring (bicyclic) bond motifs is 5. The molecule has 10 heteroatoms. The molecule has 1 aromatic carbocycles. The Bertz CT molecular complexity index is 1570. The number of aromatic nitrogens is 1. The number of aliphatic hydroxyl groups is 1. The zero-order valence-corrected chi connectivity index (χ0v) is 27.0. The number of ketones is 1. The average molecular weight is 654 g/mol. The van der Waals surface area contributed by atoms with Crippen molar-refractivity contribution in [1.29, 1.82) is 0 Å². The van der Waals surface area contributed by atoms with Gasteiger partial charge in [0, 0.05) is 36.0 Å². The molecule has 2 aromatic rings. The van der Waals surface area contributed by atoms with Gasteiger partial charge in [-0.2, -0.15) is 0 Å². The lowest BCUT2D eigenvalue weighted by atomic mass is 9.70. The van der Waals surface area contributed by atoms with Crippen LogP contribution in [0.15, 0.2) is 28.9 Å². The van der Waals surface area contributed by atoms with E-state index in [2.05, 4.69) is 49.3 Å².